The third-order valence-corrected chi connectivity index (χ3v) is 4.29. The van der Waals surface area contributed by atoms with Crippen molar-refractivity contribution in [3.8, 4) is 0 Å². The highest BCUT2D eigenvalue weighted by Crippen LogP contribution is 2.13. The molecule has 106 valence electrons. The van der Waals surface area contributed by atoms with Crippen molar-refractivity contribution in [1.29, 1.82) is 0 Å². The first-order valence-corrected chi connectivity index (χ1v) is 7.57. The van der Waals surface area contributed by atoms with Crippen molar-refractivity contribution in [2.45, 2.75) is 19.4 Å². The van der Waals surface area contributed by atoms with Gasteiger partial charge in [0.15, 0.2) is 0 Å². The standard InChI is InChI=1S/C13H16N4O2S/c18-11(17-4-1-2-5-17)8-14-7-10-15-9-3-6-20-12(9)13(19)16-10/h3,6,14H,1-2,4-5,7-8H2,(H,15,16,19). The molecule has 2 aromatic heterocycles. The van der Waals surface area contributed by atoms with Gasteiger partial charge < -0.3 is 15.2 Å². The summed E-state index contributed by atoms with van der Waals surface area (Å²) in [5.41, 5.74) is 0.592. The number of hydrogen-bond donors (Lipinski definition) is 2. The largest absolute Gasteiger partial charge is 0.342 e. The van der Waals surface area contributed by atoms with Crippen molar-refractivity contribution in [3.05, 3.63) is 27.6 Å². The van der Waals surface area contributed by atoms with Gasteiger partial charge >= 0.3 is 0 Å². The van der Waals surface area contributed by atoms with Crippen molar-refractivity contribution in [2.24, 2.45) is 0 Å². The lowest BCUT2D eigenvalue weighted by Gasteiger charge is -2.15. The van der Waals surface area contributed by atoms with Crippen molar-refractivity contribution in [2.75, 3.05) is 19.6 Å². The second kappa shape index (κ2) is 5.72. The summed E-state index contributed by atoms with van der Waals surface area (Å²) in [4.78, 5) is 32.6. The number of aromatic nitrogens is 2. The van der Waals surface area contributed by atoms with Gasteiger partial charge in [0.1, 0.15) is 10.5 Å². The van der Waals surface area contributed by atoms with Gasteiger partial charge in [-0.2, -0.15) is 0 Å². The molecule has 3 heterocycles. The Balaban J connectivity index is 1.59. The topological polar surface area (TPSA) is 78.1 Å². The van der Waals surface area contributed by atoms with E-state index in [1.165, 1.54) is 11.3 Å². The number of nitrogens with one attached hydrogen (secondary N) is 2. The van der Waals surface area contributed by atoms with Crippen LogP contribution in [0.2, 0.25) is 0 Å². The van der Waals surface area contributed by atoms with Crippen molar-refractivity contribution in [1.82, 2.24) is 20.2 Å². The second-order valence-electron chi connectivity index (χ2n) is 4.84. The molecule has 3 rings (SSSR count). The Morgan fingerprint density at radius 1 is 1.45 bits per heavy atom. The lowest BCUT2D eigenvalue weighted by atomic mass is 10.4. The smallest absolute Gasteiger partial charge is 0.268 e. The van der Waals surface area contributed by atoms with Gasteiger partial charge in [-0.25, -0.2) is 4.98 Å². The Hall–Kier alpha value is -1.73. The molecule has 1 amide bonds. The SMILES string of the molecule is O=C(CNCc1nc2ccsc2c(=O)[nH]1)N1CCCC1. The van der Waals surface area contributed by atoms with Crippen LogP contribution in [0.3, 0.4) is 0 Å². The fraction of sp³-hybridized carbons (Fsp3) is 0.462. The van der Waals surface area contributed by atoms with Gasteiger partial charge in [0.25, 0.3) is 5.56 Å². The number of carbonyl (C=O) groups is 1. The van der Waals surface area contributed by atoms with Gasteiger partial charge in [0.05, 0.1) is 18.6 Å². The maximum atomic E-state index is 11.8. The zero-order chi connectivity index (χ0) is 13.9. The van der Waals surface area contributed by atoms with Gasteiger partial charge in [-0.3, -0.25) is 9.59 Å². The van der Waals surface area contributed by atoms with Crippen LogP contribution in [0.4, 0.5) is 0 Å². The molecule has 0 radical (unpaired) electrons. The Labute approximate surface area is 119 Å². The van der Waals surface area contributed by atoms with Crippen LogP contribution in [0.25, 0.3) is 10.2 Å². The number of likely N-dealkylation sites (tertiary alicyclic amines) is 1. The van der Waals surface area contributed by atoms with Crippen LogP contribution in [0.15, 0.2) is 16.2 Å². The second-order valence-corrected chi connectivity index (χ2v) is 5.76. The maximum absolute atomic E-state index is 11.8. The summed E-state index contributed by atoms with van der Waals surface area (Å²) in [5.74, 6) is 0.677. The lowest BCUT2D eigenvalue weighted by Crippen LogP contribution is -2.36. The number of carbonyl (C=O) groups excluding carboxylic acids is 1. The molecule has 0 saturated carbocycles. The van der Waals surface area contributed by atoms with E-state index >= 15 is 0 Å². The zero-order valence-electron chi connectivity index (χ0n) is 11.0. The first kappa shape index (κ1) is 13.3. The fourth-order valence-corrected chi connectivity index (χ4v) is 3.10. The van der Waals surface area contributed by atoms with Crippen LogP contribution < -0.4 is 10.9 Å². The van der Waals surface area contributed by atoms with Gasteiger partial charge in [-0.05, 0) is 24.3 Å². The number of hydrogen-bond acceptors (Lipinski definition) is 5. The highest BCUT2D eigenvalue weighted by atomic mass is 32.1. The summed E-state index contributed by atoms with van der Waals surface area (Å²) in [7, 11) is 0. The van der Waals surface area contributed by atoms with Crippen LogP contribution in [0.1, 0.15) is 18.7 Å². The summed E-state index contributed by atoms with van der Waals surface area (Å²) in [5, 5.41) is 4.89. The molecule has 0 unspecified atom stereocenters. The normalized spacial score (nSPS) is 15.1. The maximum Gasteiger partial charge on any atom is 0.268 e. The van der Waals surface area contributed by atoms with Crippen molar-refractivity contribution < 1.29 is 4.79 Å². The predicted molar refractivity (Wildman–Crippen MR) is 77.8 cm³/mol. The molecule has 0 bridgehead atoms. The zero-order valence-corrected chi connectivity index (χ0v) is 11.8. The highest BCUT2D eigenvalue weighted by Gasteiger charge is 2.17. The number of aromatic amines is 1. The number of H-pyrrole nitrogens is 1. The molecule has 7 heteroatoms. The molecule has 1 aliphatic heterocycles. The van der Waals surface area contributed by atoms with E-state index in [1.54, 1.807) is 0 Å². The van der Waals surface area contributed by atoms with E-state index in [0.717, 1.165) is 25.9 Å². The molecule has 0 aromatic carbocycles. The van der Waals surface area contributed by atoms with Gasteiger partial charge in [0, 0.05) is 13.1 Å². The van der Waals surface area contributed by atoms with E-state index in [4.69, 9.17) is 0 Å². The molecule has 1 saturated heterocycles. The van der Waals surface area contributed by atoms with Crippen LogP contribution in [0.5, 0.6) is 0 Å². The third kappa shape index (κ3) is 2.73. The van der Waals surface area contributed by atoms with E-state index in [-0.39, 0.29) is 18.0 Å². The molecular formula is C13H16N4O2S. The molecule has 20 heavy (non-hydrogen) atoms. The lowest BCUT2D eigenvalue weighted by molar-refractivity contribution is -0.129. The number of nitrogens with zero attached hydrogens (tertiary/aromatic N) is 2. The van der Waals surface area contributed by atoms with Crippen LogP contribution >= 0.6 is 11.3 Å². The van der Waals surface area contributed by atoms with Gasteiger partial charge in [0.2, 0.25) is 5.91 Å². The summed E-state index contributed by atoms with van der Waals surface area (Å²) in [6.45, 7) is 2.39. The molecule has 0 atom stereocenters. The Morgan fingerprint density at radius 2 is 2.25 bits per heavy atom. The summed E-state index contributed by atoms with van der Waals surface area (Å²) in [6, 6.07) is 1.83. The first-order valence-electron chi connectivity index (χ1n) is 6.69. The number of rotatable bonds is 4. The summed E-state index contributed by atoms with van der Waals surface area (Å²) < 4.78 is 0.641. The average molecular weight is 292 g/mol. The fourth-order valence-electron chi connectivity index (χ4n) is 2.37. The number of fused-ring (bicyclic) bond motifs is 1. The first-order chi connectivity index (χ1) is 9.74. The molecule has 2 N–H and O–H groups in total. The highest BCUT2D eigenvalue weighted by molar-refractivity contribution is 7.17. The van der Waals surface area contributed by atoms with E-state index < -0.39 is 0 Å². The molecule has 2 aromatic rings. The molecule has 1 fully saturated rings. The monoisotopic (exact) mass is 292 g/mol. The van der Waals surface area contributed by atoms with Crippen molar-refractivity contribution >= 4 is 27.5 Å². The number of thiophene rings is 1. The van der Waals surface area contributed by atoms with E-state index in [0.29, 0.717) is 22.6 Å². The quantitative estimate of drug-likeness (QED) is 0.869. The minimum absolute atomic E-state index is 0.112. The third-order valence-electron chi connectivity index (χ3n) is 3.39. The molecule has 1 aliphatic rings. The van der Waals surface area contributed by atoms with Crippen LogP contribution in [-0.2, 0) is 11.3 Å². The van der Waals surface area contributed by atoms with E-state index in [9.17, 15) is 9.59 Å². The van der Waals surface area contributed by atoms with Crippen molar-refractivity contribution in [3.63, 3.8) is 0 Å². The van der Waals surface area contributed by atoms with Gasteiger partial charge in [-0.15, -0.1) is 11.3 Å². The molecular weight excluding hydrogens is 276 g/mol. The Bertz CT molecular complexity index is 672. The Kier molecular flexibility index (Phi) is 3.79. The molecule has 0 spiro atoms. The van der Waals surface area contributed by atoms with Crippen LogP contribution in [-0.4, -0.2) is 40.4 Å². The Morgan fingerprint density at radius 3 is 3.05 bits per heavy atom. The molecule has 6 nitrogen and oxygen atoms in total. The summed E-state index contributed by atoms with van der Waals surface area (Å²) >= 11 is 1.38. The van der Waals surface area contributed by atoms with Gasteiger partial charge in [-0.1, -0.05) is 0 Å². The molecule has 0 aliphatic carbocycles. The van der Waals surface area contributed by atoms with E-state index in [1.807, 2.05) is 16.3 Å². The number of amides is 1. The van der Waals surface area contributed by atoms with Crippen LogP contribution in [0, 0.1) is 0 Å². The predicted octanol–water partition coefficient (Wildman–Crippen LogP) is 0.697. The minimum atomic E-state index is -0.118. The minimum Gasteiger partial charge on any atom is -0.342 e. The summed E-state index contributed by atoms with van der Waals surface area (Å²) in [6.07, 6.45) is 2.19. The van der Waals surface area contributed by atoms with E-state index in [2.05, 4.69) is 15.3 Å². The average Bonchev–Trinajstić information content (AvgIpc) is 3.09.